The largest absolute Gasteiger partial charge is 0.466 e. The van der Waals surface area contributed by atoms with Crippen LogP contribution < -0.4 is 9.80 Å². The summed E-state index contributed by atoms with van der Waals surface area (Å²) in [5, 5.41) is 21.7. The maximum atomic E-state index is 13.0. The molecule has 0 N–H and O–H groups in total. The minimum absolute atomic E-state index is 0.0432. The number of rotatable bonds is 8. The van der Waals surface area contributed by atoms with Gasteiger partial charge in [-0.25, -0.2) is 0 Å². The van der Waals surface area contributed by atoms with Crippen molar-refractivity contribution in [3.05, 3.63) is 107 Å². The van der Waals surface area contributed by atoms with Crippen molar-refractivity contribution in [3.8, 4) is 21.1 Å². The van der Waals surface area contributed by atoms with Gasteiger partial charge in [0.05, 0.1) is 47.7 Å². The molecule has 0 spiro atoms. The van der Waals surface area contributed by atoms with Crippen molar-refractivity contribution < 1.29 is 27.3 Å². The number of hydrogen-bond acceptors (Lipinski definition) is 14. The molecule has 2 unspecified atom stereocenters. The number of furan rings is 4. The highest BCUT2D eigenvalue weighted by Gasteiger charge is 2.39. The third-order valence-corrected chi connectivity index (χ3v) is 13.5. The Bertz CT molecular complexity index is 2490. The van der Waals surface area contributed by atoms with Crippen LogP contribution in [0.25, 0.3) is 43.1 Å². The highest BCUT2D eigenvalue weighted by atomic mass is 32.2. The fourth-order valence-electron chi connectivity index (χ4n) is 6.79. The molecule has 53 heavy (non-hydrogen) atoms. The molecule has 0 radical (unpaired) electrons. The fourth-order valence-corrected chi connectivity index (χ4v) is 10.9. The van der Waals surface area contributed by atoms with E-state index in [0.29, 0.717) is 60.9 Å². The zero-order chi connectivity index (χ0) is 35.8. The number of carbonyl (C=O) groups excluding carboxylic acids is 2. The summed E-state index contributed by atoms with van der Waals surface area (Å²) in [6.45, 7) is 4.04. The van der Waals surface area contributed by atoms with Crippen LogP contribution in [0.15, 0.2) is 91.3 Å². The summed E-state index contributed by atoms with van der Waals surface area (Å²) in [5.74, 6) is 1.97. The van der Waals surface area contributed by atoms with E-state index in [-0.39, 0.29) is 22.6 Å². The van der Waals surface area contributed by atoms with Crippen molar-refractivity contribution in [3.63, 3.8) is 0 Å². The van der Waals surface area contributed by atoms with Gasteiger partial charge < -0.3 is 17.7 Å². The maximum Gasteiger partial charge on any atom is 0.240 e. The van der Waals surface area contributed by atoms with Crippen molar-refractivity contribution in [2.24, 2.45) is 0 Å². The number of amides is 2. The molecular weight excluding hydrogens is 753 g/mol. The summed E-state index contributed by atoms with van der Waals surface area (Å²) in [4.78, 5) is 29.4. The SMILES string of the molecule is Cc1coc2c(-c3nnc(N4C(=O)CSC4c4ccco4)s3)cc(Cc3cc(-c4nnc(N5C(=O)CSC5c5ccco5)s4)c4occ(C)c4c3)cc12. The van der Waals surface area contributed by atoms with E-state index in [9.17, 15) is 9.59 Å². The molecule has 8 heterocycles. The van der Waals surface area contributed by atoms with E-state index in [4.69, 9.17) is 17.7 Å². The van der Waals surface area contributed by atoms with E-state index in [1.165, 1.54) is 46.2 Å². The zero-order valence-corrected chi connectivity index (χ0v) is 31.2. The number of benzene rings is 2. The molecule has 16 heteroatoms. The van der Waals surface area contributed by atoms with Crippen LogP contribution in [0.3, 0.4) is 0 Å². The number of hydrogen-bond donors (Lipinski definition) is 0. The van der Waals surface area contributed by atoms with E-state index >= 15 is 0 Å². The summed E-state index contributed by atoms with van der Waals surface area (Å²) in [6, 6.07) is 15.8. The van der Waals surface area contributed by atoms with E-state index in [1.807, 2.05) is 38.1 Å². The number of anilines is 2. The smallest absolute Gasteiger partial charge is 0.240 e. The molecule has 2 amide bonds. The van der Waals surface area contributed by atoms with Gasteiger partial charge in [-0.1, -0.05) is 22.7 Å². The van der Waals surface area contributed by atoms with Crippen LogP contribution in [0.5, 0.6) is 0 Å². The molecule has 2 saturated heterocycles. The van der Waals surface area contributed by atoms with Crippen LogP contribution in [0.2, 0.25) is 0 Å². The molecule has 12 nitrogen and oxygen atoms in total. The van der Waals surface area contributed by atoms with Crippen molar-refractivity contribution in [1.82, 2.24) is 20.4 Å². The van der Waals surface area contributed by atoms with Gasteiger partial charge in [-0.15, -0.1) is 43.9 Å². The van der Waals surface area contributed by atoms with Crippen LogP contribution in [0.1, 0.15) is 44.5 Å². The second-order valence-electron chi connectivity index (χ2n) is 12.7. The third-order valence-electron chi connectivity index (χ3n) is 9.27. The van der Waals surface area contributed by atoms with Gasteiger partial charge in [0.2, 0.25) is 22.1 Å². The lowest BCUT2D eigenvalue weighted by Gasteiger charge is -2.18. The Kier molecular flexibility index (Phi) is 7.82. The second kappa shape index (κ2) is 12.8. The molecule has 0 saturated carbocycles. The third kappa shape index (κ3) is 5.50. The molecule has 2 aliphatic heterocycles. The lowest BCUT2D eigenvalue weighted by atomic mass is 9.97. The van der Waals surface area contributed by atoms with Crippen LogP contribution in [0, 0.1) is 13.8 Å². The number of aromatic nitrogens is 4. The molecule has 264 valence electrons. The first-order valence-electron chi connectivity index (χ1n) is 16.5. The van der Waals surface area contributed by atoms with Crippen molar-refractivity contribution >= 4 is 90.2 Å². The molecule has 2 aliphatic rings. The Hall–Kier alpha value is -5.16. The molecule has 0 bridgehead atoms. The summed E-state index contributed by atoms with van der Waals surface area (Å²) in [7, 11) is 0. The standard InChI is InChI=1S/C37H26N6O6S4/c1-18-14-48-30-22(18)10-20(12-24(30)32-38-40-36(52-32)42-28(44)16-50-34(42)26-5-3-7-46-26)9-21-11-23-19(2)15-49-31(23)25(13-21)33-39-41-37(53-33)43-29(45)17-51-35(43)27-6-4-8-47-27/h3-8,10-15,34-35H,9,16-17H2,1-2H3. The average Bonchev–Trinajstić information content (AvgIpc) is 3.99. The van der Waals surface area contributed by atoms with E-state index < -0.39 is 0 Å². The monoisotopic (exact) mass is 778 g/mol. The second-order valence-corrected chi connectivity index (χ2v) is 16.8. The Morgan fingerprint density at radius 3 is 1.57 bits per heavy atom. The molecule has 8 aromatic rings. The fraction of sp³-hybridized carbons (Fsp3) is 0.189. The summed E-state index contributed by atoms with van der Waals surface area (Å²) in [5.41, 5.74) is 7.12. The van der Waals surface area contributed by atoms with Gasteiger partial charge >= 0.3 is 0 Å². The van der Waals surface area contributed by atoms with Gasteiger partial charge in [-0.05, 0) is 91.1 Å². The van der Waals surface area contributed by atoms with Crippen molar-refractivity contribution in [2.45, 2.75) is 31.0 Å². The molecule has 2 atom stereocenters. The molecular formula is C37H26N6O6S4. The Morgan fingerprint density at radius 2 is 1.13 bits per heavy atom. The first-order chi connectivity index (χ1) is 25.9. The highest BCUT2D eigenvalue weighted by Crippen LogP contribution is 2.47. The van der Waals surface area contributed by atoms with Crippen molar-refractivity contribution in [2.75, 3.05) is 21.3 Å². The first-order valence-corrected chi connectivity index (χ1v) is 20.3. The van der Waals surface area contributed by atoms with Crippen LogP contribution in [-0.4, -0.2) is 43.7 Å². The molecule has 2 fully saturated rings. The minimum atomic E-state index is -0.303. The number of fused-ring (bicyclic) bond motifs is 2. The average molecular weight is 779 g/mol. The molecule has 0 aliphatic carbocycles. The summed E-state index contributed by atoms with van der Waals surface area (Å²) in [6.07, 6.45) is 7.30. The van der Waals surface area contributed by atoms with Gasteiger partial charge in [0, 0.05) is 10.8 Å². The van der Waals surface area contributed by atoms with Gasteiger partial charge in [0.1, 0.15) is 33.4 Å². The van der Waals surface area contributed by atoms with Gasteiger partial charge in [-0.2, -0.15) is 0 Å². The molecule has 10 rings (SSSR count). The zero-order valence-electron chi connectivity index (χ0n) is 28.0. The first kappa shape index (κ1) is 32.5. The van der Waals surface area contributed by atoms with Crippen LogP contribution >= 0.6 is 46.2 Å². The predicted octanol–water partition coefficient (Wildman–Crippen LogP) is 9.17. The number of thioether (sulfide) groups is 2. The van der Waals surface area contributed by atoms with E-state index in [0.717, 1.165) is 44.2 Å². The molecule has 6 aromatic heterocycles. The van der Waals surface area contributed by atoms with Crippen LogP contribution in [-0.2, 0) is 16.0 Å². The lowest BCUT2D eigenvalue weighted by Crippen LogP contribution is -2.27. The molecule has 2 aromatic carbocycles. The quantitative estimate of drug-likeness (QED) is 0.145. The normalized spacial score (nSPS) is 17.8. The maximum absolute atomic E-state index is 13.0. The minimum Gasteiger partial charge on any atom is -0.466 e. The Labute approximate surface area is 317 Å². The Balaban J connectivity index is 1.01. The predicted molar refractivity (Wildman–Crippen MR) is 205 cm³/mol. The van der Waals surface area contributed by atoms with Gasteiger partial charge in [0.15, 0.2) is 10.0 Å². The van der Waals surface area contributed by atoms with Crippen molar-refractivity contribution in [1.29, 1.82) is 0 Å². The number of carbonyl (C=O) groups is 2. The number of nitrogens with zero attached hydrogens (tertiary/aromatic N) is 6. The summed E-state index contributed by atoms with van der Waals surface area (Å²) < 4.78 is 23.4. The lowest BCUT2D eigenvalue weighted by molar-refractivity contribution is -0.116. The Morgan fingerprint density at radius 1 is 0.660 bits per heavy atom. The van der Waals surface area contributed by atoms with E-state index in [1.54, 1.807) is 34.9 Å². The van der Waals surface area contributed by atoms with Gasteiger partial charge in [-0.3, -0.25) is 19.4 Å². The van der Waals surface area contributed by atoms with Crippen LogP contribution in [0.4, 0.5) is 10.3 Å². The van der Waals surface area contributed by atoms with E-state index in [2.05, 4.69) is 44.7 Å². The highest BCUT2D eigenvalue weighted by molar-refractivity contribution is 8.01. The van der Waals surface area contributed by atoms with Gasteiger partial charge in [0.25, 0.3) is 0 Å². The summed E-state index contributed by atoms with van der Waals surface area (Å²) >= 11 is 5.70. The number of aryl methyl sites for hydroxylation is 2. The topological polar surface area (TPSA) is 145 Å².